The fraction of sp³-hybridized carbons (Fsp3) is 0.211. The van der Waals surface area contributed by atoms with Gasteiger partial charge < -0.3 is 14.6 Å². The first-order valence-corrected chi connectivity index (χ1v) is 10.8. The molecule has 0 saturated carbocycles. The quantitative estimate of drug-likeness (QED) is 0.479. The van der Waals surface area contributed by atoms with E-state index in [1.807, 2.05) is 0 Å². The van der Waals surface area contributed by atoms with Crippen molar-refractivity contribution >= 4 is 33.8 Å². The smallest absolute Gasteiger partial charge is 0.261 e. The van der Waals surface area contributed by atoms with E-state index in [9.17, 15) is 13.2 Å². The Bertz CT molecular complexity index is 1230. The van der Waals surface area contributed by atoms with Gasteiger partial charge in [-0.1, -0.05) is 6.07 Å². The van der Waals surface area contributed by atoms with Crippen molar-refractivity contribution in [3.8, 4) is 5.75 Å². The predicted octanol–water partition coefficient (Wildman–Crippen LogP) is 2.53. The van der Waals surface area contributed by atoms with Crippen molar-refractivity contribution in [1.82, 2.24) is 20.1 Å². The van der Waals surface area contributed by atoms with Gasteiger partial charge in [-0.05, 0) is 61.1 Å². The summed E-state index contributed by atoms with van der Waals surface area (Å²) in [5.74, 6) is 0.750. The lowest BCUT2D eigenvalue weighted by molar-refractivity contribution is 0.0948. The summed E-state index contributed by atoms with van der Waals surface area (Å²) in [5, 5.41) is 9.41. The molecule has 0 atom stereocenters. The average molecular weight is 448 g/mol. The molecule has 3 rings (SSSR count). The van der Waals surface area contributed by atoms with Gasteiger partial charge in [0, 0.05) is 18.3 Å². The minimum atomic E-state index is -3.88. The number of sulfonamides is 1. The van der Waals surface area contributed by atoms with Gasteiger partial charge in [-0.2, -0.15) is 5.10 Å². The number of aromatic nitrogens is 3. The zero-order valence-corrected chi connectivity index (χ0v) is 18.2. The van der Waals surface area contributed by atoms with E-state index in [-0.39, 0.29) is 17.0 Å². The normalized spacial score (nSPS) is 11.2. The monoisotopic (exact) mass is 447 g/mol. The highest BCUT2D eigenvalue weighted by Gasteiger charge is 2.19. The van der Waals surface area contributed by atoms with Gasteiger partial charge in [0.2, 0.25) is 0 Å². The fourth-order valence-electron chi connectivity index (χ4n) is 2.68. The van der Waals surface area contributed by atoms with Crippen molar-refractivity contribution < 1.29 is 17.9 Å². The van der Waals surface area contributed by atoms with Crippen LogP contribution in [0.5, 0.6) is 5.75 Å². The maximum Gasteiger partial charge on any atom is 0.261 e. The summed E-state index contributed by atoms with van der Waals surface area (Å²) >= 11 is 5.05. The average Bonchev–Trinajstić information content (AvgIpc) is 3.04. The zero-order valence-electron chi connectivity index (χ0n) is 16.6. The van der Waals surface area contributed by atoms with Crippen LogP contribution in [0, 0.1) is 11.7 Å². The lowest BCUT2D eigenvalue weighted by atomic mass is 10.1. The van der Waals surface area contributed by atoms with E-state index in [4.69, 9.17) is 17.0 Å². The number of H-pyrrole nitrogens is 1. The predicted molar refractivity (Wildman–Crippen MR) is 115 cm³/mol. The minimum Gasteiger partial charge on any atom is -0.497 e. The SMILES string of the molecule is COc1ccc(NS(=O)(=O)c2ccc(C)c(C(=O)NCc3n[nH]c(=S)n3C)c2)cc1. The van der Waals surface area contributed by atoms with Crippen molar-refractivity contribution in [3.63, 3.8) is 0 Å². The standard InChI is InChI=1S/C19H21N5O4S2/c1-12-4-9-15(30(26,27)23-13-5-7-14(28-3)8-6-13)10-16(12)18(25)20-11-17-21-22-19(29)24(17)2/h4-10,23H,11H2,1-3H3,(H,20,25)(H,22,29). The van der Waals surface area contributed by atoms with Crippen molar-refractivity contribution in [1.29, 1.82) is 0 Å². The summed E-state index contributed by atoms with van der Waals surface area (Å²) in [7, 11) is -0.622. The molecule has 3 aromatic rings. The van der Waals surface area contributed by atoms with Crippen molar-refractivity contribution in [2.45, 2.75) is 18.4 Å². The third kappa shape index (κ3) is 4.69. The van der Waals surface area contributed by atoms with E-state index >= 15 is 0 Å². The Balaban J connectivity index is 1.79. The highest BCUT2D eigenvalue weighted by atomic mass is 32.2. The number of ether oxygens (including phenoxy) is 1. The van der Waals surface area contributed by atoms with Crippen LogP contribution in [0.3, 0.4) is 0 Å². The van der Waals surface area contributed by atoms with E-state index in [2.05, 4.69) is 20.2 Å². The highest BCUT2D eigenvalue weighted by molar-refractivity contribution is 7.92. The number of nitrogens with zero attached hydrogens (tertiary/aromatic N) is 2. The van der Waals surface area contributed by atoms with Crippen molar-refractivity contribution in [3.05, 3.63) is 64.2 Å². The van der Waals surface area contributed by atoms with Gasteiger partial charge in [-0.15, -0.1) is 0 Å². The van der Waals surface area contributed by atoms with Crippen molar-refractivity contribution in [2.75, 3.05) is 11.8 Å². The number of benzene rings is 2. The van der Waals surface area contributed by atoms with Crippen LogP contribution in [0.25, 0.3) is 0 Å². The molecule has 0 aliphatic carbocycles. The molecule has 0 spiro atoms. The van der Waals surface area contributed by atoms with Gasteiger partial charge in [0.15, 0.2) is 10.6 Å². The molecule has 0 unspecified atom stereocenters. The number of aromatic amines is 1. The lowest BCUT2D eigenvalue weighted by Gasteiger charge is -2.12. The molecule has 0 bridgehead atoms. The van der Waals surface area contributed by atoms with Gasteiger partial charge in [-0.25, -0.2) is 8.42 Å². The van der Waals surface area contributed by atoms with Crippen molar-refractivity contribution in [2.24, 2.45) is 7.05 Å². The molecule has 11 heteroatoms. The molecule has 2 aromatic carbocycles. The molecule has 9 nitrogen and oxygen atoms in total. The maximum atomic E-state index is 12.8. The molecule has 3 N–H and O–H groups in total. The van der Waals surface area contributed by atoms with Crippen LogP contribution >= 0.6 is 12.2 Å². The molecular formula is C19H21N5O4S2. The van der Waals surface area contributed by atoms with Crippen LogP contribution in [-0.2, 0) is 23.6 Å². The van der Waals surface area contributed by atoms with Gasteiger partial charge in [0.1, 0.15) is 5.75 Å². The number of methoxy groups -OCH3 is 1. The second-order valence-corrected chi connectivity index (χ2v) is 8.57. The number of anilines is 1. The lowest BCUT2D eigenvalue weighted by Crippen LogP contribution is -2.25. The summed E-state index contributed by atoms with van der Waals surface area (Å²) in [4.78, 5) is 12.6. The summed E-state index contributed by atoms with van der Waals surface area (Å²) in [6.45, 7) is 1.88. The molecule has 0 saturated heterocycles. The van der Waals surface area contributed by atoms with E-state index in [1.54, 1.807) is 48.9 Å². The molecule has 0 fully saturated rings. The van der Waals surface area contributed by atoms with Gasteiger partial charge in [0.05, 0.1) is 18.6 Å². The summed E-state index contributed by atoms with van der Waals surface area (Å²) in [5.41, 5.74) is 1.28. The molecular weight excluding hydrogens is 426 g/mol. The van der Waals surface area contributed by atoms with Gasteiger partial charge in [0.25, 0.3) is 15.9 Å². The first kappa shape index (κ1) is 21.5. The molecule has 1 aromatic heterocycles. The van der Waals surface area contributed by atoms with Gasteiger partial charge >= 0.3 is 0 Å². The number of rotatable bonds is 7. The van der Waals surface area contributed by atoms with Gasteiger partial charge in [-0.3, -0.25) is 14.6 Å². The third-order valence-corrected chi connectivity index (χ3v) is 6.23. The van der Waals surface area contributed by atoms with Crippen LogP contribution in [-0.4, -0.2) is 36.2 Å². The van der Waals surface area contributed by atoms with Crippen LogP contribution < -0.4 is 14.8 Å². The summed E-state index contributed by atoms with van der Waals surface area (Å²) in [6, 6.07) is 10.9. The highest BCUT2D eigenvalue weighted by Crippen LogP contribution is 2.21. The molecule has 1 heterocycles. The largest absolute Gasteiger partial charge is 0.497 e. The van der Waals surface area contributed by atoms with Crippen LogP contribution in [0.1, 0.15) is 21.7 Å². The minimum absolute atomic E-state index is 0.0211. The number of hydrogen-bond donors (Lipinski definition) is 3. The molecule has 0 aliphatic heterocycles. The Labute approximate surface area is 179 Å². The van der Waals surface area contributed by atoms with E-state index < -0.39 is 15.9 Å². The number of amides is 1. The third-order valence-electron chi connectivity index (χ3n) is 4.49. The topological polar surface area (TPSA) is 118 Å². The van der Waals surface area contributed by atoms with Crippen LogP contribution in [0.15, 0.2) is 47.4 Å². The van der Waals surface area contributed by atoms with E-state index in [1.165, 1.54) is 19.2 Å². The number of carbonyl (C=O) groups excluding carboxylic acids is 1. The molecule has 1 amide bonds. The Hall–Kier alpha value is -3.18. The summed E-state index contributed by atoms with van der Waals surface area (Å²) < 4.78 is 35.2. The number of nitrogens with one attached hydrogen (secondary N) is 3. The zero-order chi connectivity index (χ0) is 21.9. The fourth-order valence-corrected chi connectivity index (χ4v) is 3.91. The van der Waals surface area contributed by atoms with Crippen LogP contribution in [0.2, 0.25) is 0 Å². The Morgan fingerprint density at radius 3 is 2.53 bits per heavy atom. The first-order valence-electron chi connectivity index (χ1n) is 8.87. The number of aryl methyl sites for hydroxylation is 1. The Morgan fingerprint density at radius 2 is 1.93 bits per heavy atom. The maximum absolute atomic E-state index is 12.8. The van der Waals surface area contributed by atoms with E-state index in [0.717, 1.165) is 0 Å². The Morgan fingerprint density at radius 1 is 1.23 bits per heavy atom. The van der Waals surface area contributed by atoms with Crippen LogP contribution in [0.4, 0.5) is 5.69 Å². The number of carbonyl (C=O) groups is 1. The molecule has 0 aliphatic rings. The Kier molecular flexibility index (Phi) is 6.22. The summed E-state index contributed by atoms with van der Waals surface area (Å²) in [6.07, 6.45) is 0. The second kappa shape index (κ2) is 8.67. The number of hydrogen-bond acceptors (Lipinski definition) is 6. The van der Waals surface area contributed by atoms with E-state index in [0.29, 0.717) is 27.6 Å². The first-order chi connectivity index (χ1) is 14.2. The molecule has 30 heavy (non-hydrogen) atoms. The molecule has 0 radical (unpaired) electrons. The molecule has 158 valence electrons. The second-order valence-electron chi connectivity index (χ2n) is 6.50.